The van der Waals surface area contributed by atoms with Crippen molar-refractivity contribution in [2.75, 3.05) is 17.7 Å². The summed E-state index contributed by atoms with van der Waals surface area (Å²) in [6.07, 6.45) is 6.09. The summed E-state index contributed by atoms with van der Waals surface area (Å²) in [6, 6.07) is 11.6. The van der Waals surface area contributed by atoms with Gasteiger partial charge >= 0.3 is 0 Å². The highest BCUT2D eigenvalue weighted by atomic mass is 35.5. The van der Waals surface area contributed by atoms with E-state index in [-0.39, 0.29) is 16.0 Å². The second-order valence-electron chi connectivity index (χ2n) is 10.9. The molecule has 1 aliphatic carbocycles. The lowest BCUT2D eigenvalue weighted by atomic mass is 9.80. The molecule has 0 bridgehead atoms. The zero-order valence-corrected chi connectivity index (χ0v) is 25.7. The Morgan fingerprint density at radius 2 is 1.70 bits per heavy atom. The molecular formula is C30H40ClN5O3S. The first kappa shape index (κ1) is 30.1. The highest BCUT2D eigenvalue weighted by Gasteiger charge is 2.25. The Balaban J connectivity index is 1.64. The van der Waals surface area contributed by atoms with Crippen molar-refractivity contribution in [2.45, 2.75) is 88.5 Å². The van der Waals surface area contributed by atoms with Crippen LogP contribution < -0.4 is 20.7 Å². The molecule has 10 heteroatoms. The Kier molecular flexibility index (Phi) is 9.59. The predicted molar refractivity (Wildman–Crippen MR) is 163 cm³/mol. The summed E-state index contributed by atoms with van der Waals surface area (Å²) in [6.45, 7) is 9.45. The molecule has 0 saturated heterocycles. The van der Waals surface area contributed by atoms with Gasteiger partial charge in [-0.05, 0) is 109 Å². The number of hydrogen-bond donors (Lipinski definition) is 3. The average molecular weight is 586 g/mol. The first-order valence-corrected chi connectivity index (χ1v) is 15.8. The molecule has 0 amide bonds. The summed E-state index contributed by atoms with van der Waals surface area (Å²) in [4.78, 5) is 9.16. The van der Waals surface area contributed by atoms with Crippen LogP contribution >= 0.6 is 11.6 Å². The average Bonchev–Trinajstić information content (AvgIpc) is 2.92. The van der Waals surface area contributed by atoms with Crippen LogP contribution in [0.5, 0.6) is 5.75 Å². The molecule has 0 radical (unpaired) electrons. The van der Waals surface area contributed by atoms with Gasteiger partial charge in [-0.1, -0.05) is 23.7 Å². The van der Waals surface area contributed by atoms with Crippen molar-refractivity contribution >= 4 is 44.6 Å². The largest absolute Gasteiger partial charge is 0.489 e. The zero-order chi connectivity index (χ0) is 29.0. The number of benzene rings is 2. The third kappa shape index (κ3) is 6.87. The van der Waals surface area contributed by atoms with Gasteiger partial charge in [0, 0.05) is 6.04 Å². The molecule has 0 unspecified atom stereocenters. The van der Waals surface area contributed by atoms with Crippen molar-refractivity contribution in [2.24, 2.45) is 0 Å². The standard InChI is InChI=1S/C30H40ClN5O3S/c1-18(2)39-27-16-23(21-11-13-22(32-6)14-12-21)20(5)15-26(27)35-30-33-17-24(31)29(36-30)34-25-9-7-8-10-28(25)40(37,38)19(3)4/h7-10,15-19,21-22,32H,11-14H2,1-6H3,(H2,33,34,35,36). The van der Waals surface area contributed by atoms with E-state index in [1.54, 1.807) is 38.1 Å². The lowest BCUT2D eigenvalue weighted by molar-refractivity contribution is 0.243. The summed E-state index contributed by atoms with van der Waals surface area (Å²) < 4.78 is 32.1. The summed E-state index contributed by atoms with van der Waals surface area (Å²) in [5, 5.41) is 9.52. The summed E-state index contributed by atoms with van der Waals surface area (Å²) in [5.41, 5.74) is 3.67. The maximum absolute atomic E-state index is 12.9. The van der Waals surface area contributed by atoms with Gasteiger partial charge in [0.15, 0.2) is 15.7 Å². The second kappa shape index (κ2) is 12.7. The molecule has 0 atom stereocenters. The monoisotopic (exact) mass is 585 g/mol. The molecule has 0 aliphatic heterocycles. The van der Waals surface area contributed by atoms with Gasteiger partial charge in [-0.25, -0.2) is 13.4 Å². The number of aromatic nitrogens is 2. The molecule has 1 fully saturated rings. The fourth-order valence-electron chi connectivity index (χ4n) is 5.12. The lowest BCUT2D eigenvalue weighted by Crippen LogP contribution is -2.29. The molecule has 1 aromatic heterocycles. The van der Waals surface area contributed by atoms with Gasteiger partial charge in [0.1, 0.15) is 10.8 Å². The van der Waals surface area contributed by atoms with Gasteiger partial charge < -0.3 is 20.7 Å². The second-order valence-corrected chi connectivity index (χ2v) is 13.8. The molecule has 4 rings (SSSR count). The van der Waals surface area contributed by atoms with Gasteiger partial charge in [-0.2, -0.15) is 4.98 Å². The number of ether oxygens (including phenoxy) is 1. The Hall–Kier alpha value is -2.88. The fraction of sp³-hybridized carbons (Fsp3) is 0.467. The van der Waals surface area contributed by atoms with E-state index in [0.29, 0.717) is 29.4 Å². The van der Waals surface area contributed by atoms with Crippen molar-refractivity contribution in [1.29, 1.82) is 0 Å². The molecule has 3 aromatic rings. The normalized spacial score (nSPS) is 17.7. The molecular weight excluding hydrogens is 546 g/mol. The van der Waals surface area contributed by atoms with Crippen LogP contribution in [0.4, 0.5) is 23.1 Å². The van der Waals surface area contributed by atoms with Crippen LogP contribution in [0.15, 0.2) is 47.5 Å². The third-order valence-corrected chi connectivity index (χ3v) is 9.85. The summed E-state index contributed by atoms with van der Waals surface area (Å²) >= 11 is 6.44. The minimum absolute atomic E-state index is 0.0149. The van der Waals surface area contributed by atoms with Crippen LogP contribution in [0.3, 0.4) is 0 Å². The molecule has 216 valence electrons. The first-order chi connectivity index (χ1) is 19.0. The Labute approximate surface area is 243 Å². The lowest BCUT2D eigenvalue weighted by Gasteiger charge is -2.30. The number of aryl methyl sites for hydroxylation is 1. The maximum Gasteiger partial charge on any atom is 0.229 e. The van der Waals surface area contributed by atoms with E-state index in [9.17, 15) is 8.42 Å². The van der Waals surface area contributed by atoms with E-state index in [1.165, 1.54) is 17.3 Å². The van der Waals surface area contributed by atoms with E-state index < -0.39 is 15.1 Å². The number of nitrogens with one attached hydrogen (secondary N) is 3. The molecule has 0 spiro atoms. The van der Waals surface area contributed by atoms with E-state index in [4.69, 9.17) is 16.3 Å². The highest BCUT2D eigenvalue weighted by Crippen LogP contribution is 2.40. The highest BCUT2D eigenvalue weighted by molar-refractivity contribution is 7.92. The molecule has 1 saturated carbocycles. The minimum atomic E-state index is -3.52. The summed E-state index contributed by atoms with van der Waals surface area (Å²) in [5.74, 6) is 1.85. The number of hydrogen-bond acceptors (Lipinski definition) is 8. The smallest absolute Gasteiger partial charge is 0.229 e. The maximum atomic E-state index is 12.9. The van der Waals surface area contributed by atoms with Gasteiger partial charge in [-0.15, -0.1) is 0 Å². The van der Waals surface area contributed by atoms with Crippen LogP contribution in [0.25, 0.3) is 0 Å². The Morgan fingerprint density at radius 1 is 1.00 bits per heavy atom. The molecule has 1 heterocycles. The van der Waals surface area contributed by atoms with E-state index >= 15 is 0 Å². The van der Waals surface area contributed by atoms with Gasteiger partial charge in [0.25, 0.3) is 0 Å². The Morgan fingerprint density at radius 3 is 2.35 bits per heavy atom. The van der Waals surface area contributed by atoms with Gasteiger partial charge in [-0.3, -0.25) is 0 Å². The van der Waals surface area contributed by atoms with Crippen LogP contribution in [-0.4, -0.2) is 42.8 Å². The quantitative estimate of drug-likeness (QED) is 0.230. The van der Waals surface area contributed by atoms with Crippen molar-refractivity contribution in [1.82, 2.24) is 15.3 Å². The van der Waals surface area contributed by atoms with Crippen LogP contribution in [0.2, 0.25) is 5.02 Å². The topological polar surface area (TPSA) is 105 Å². The molecule has 2 aromatic carbocycles. The van der Waals surface area contributed by atoms with Gasteiger partial charge in [0.2, 0.25) is 5.95 Å². The van der Waals surface area contributed by atoms with E-state index in [2.05, 4.69) is 45.0 Å². The van der Waals surface area contributed by atoms with Gasteiger partial charge in [0.05, 0.1) is 33.8 Å². The van der Waals surface area contributed by atoms with Crippen molar-refractivity contribution in [3.8, 4) is 5.75 Å². The number of para-hydroxylation sites is 1. The number of sulfone groups is 1. The first-order valence-electron chi connectivity index (χ1n) is 13.9. The minimum Gasteiger partial charge on any atom is -0.489 e. The molecule has 3 N–H and O–H groups in total. The fourth-order valence-corrected chi connectivity index (χ4v) is 6.46. The number of rotatable bonds is 10. The van der Waals surface area contributed by atoms with E-state index in [1.807, 2.05) is 20.9 Å². The van der Waals surface area contributed by atoms with Crippen molar-refractivity contribution < 1.29 is 13.2 Å². The van der Waals surface area contributed by atoms with Crippen molar-refractivity contribution in [3.05, 3.63) is 58.7 Å². The number of halogens is 1. The SMILES string of the molecule is CNC1CCC(c2cc(OC(C)C)c(Nc3ncc(Cl)c(Nc4ccccc4S(=O)(=O)C(C)C)n3)cc2C)CC1. The molecule has 40 heavy (non-hydrogen) atoms. The number of nitrogens with zero attached hydrogens (tertiary/aromatic N) is 2. The summed E-state index contributed by atoms with van der Waals surface area (Å²) in [7, 11) is -1.48. The van der Waals surface area contributed by atoms with Crippen molar-refractivity contribution in [3.63, 3.8) is 0 Å². The third-order valence-electron chi connectivity index (χ3n) is 7.36. The molecule has 1 aliphatic rings. The van der Waals surface area contributed by atoms with Crippen LogP contribution in [0, 0.1) is 6.92 Å². The predicted octanol–water partition coefficient (Wildman–Crippen LogP) is 7.14. The van der Waals surface area contributed by atoms with E-state index in [0.717, 1.165) is 37.1 Å². The molecule has 8 nitrogen and oxygen atoms in total. The Bertz CT molecular complexity index is 1440. The zero-order valence-electron chi connectivity index (χ0n) is 24.1. The van der Waals surface area contributed by atoms with Crippen LogP contribution in [-0.2, 0) is 9.84 Å². The number of anilines is 4. The van der Waals surface area contributed by atoms with Crippen LogP contribution in [0.1, 0.15) is 70.4 Å².